The van der Waals surface area contributed by atoms with E-state index in [0.29, 0.717) is 6.61 Å². The summed E-state index contributed by atoms with van der Waals surface area (Å²) in [4.78, 5) is 0. The molecule has 3 nitrogen and oxygen atoms in total. The van der Waals surface area contributed by atoms with E-state index in [0.717, 1.165) is 25.3 Å². The number of nitrogens with one attached hydrogen (secondary N) is 1. The predicted octanol–water partition coefficient (Wildman–Crippen LogP) is 2.44. The van der Waals surface area contributed by atoms with Crippen LogP contribution in [0, 0.1) is 13.8 Å². The second-order valence-corrected chi connectivity index (χ2v) is 4.28. The quantitative estimate of drug-likeness (QED) is 0.739. The summed E-state index contributed by atoms with van der Waals surface area (Å²) < 4.78 is 10.8. The average molecular weight is 237 g/mol. The topological polar surface area (TPSA) is 30.5 Å². The van der Waals surface area contributed by atoms with Crippen LogP contribution in [-0.2, 0) is 11.3 Å². The third kappa shape index (κ3) is 4.36. The molecule has 0 saturated carbocycles. The zero-order chi connectivity index (χ0) is 12.7. The average Bonchev–Trinajstić information content (AvgIpc) is 2.27. The molecule has 0 aliphatic heterocycles. The Morgan fingerprint density at radius 1 is 1.12 bits per heavy atom. The van der Waals surface area contributed by atoms with Crippen LogP contribution in [0.3, 0.4) is 0 Å². The molecular weight excluding hydrogens is 214 g/mol. The van der Waals surface area contributed by atoms with E-state index in [1.165, 1.54) is 16.7 Å². The highest BCUT2D eigenvalue weighted by molar-refractivity contribution is 5.43. The van der Waals surface area contributed by atoms with Crippen molar-refractivity contribution in [3.8, 4) is 5.75 Å². The van der Waals surface area contributed by atoms with Gasteiger partial charge >= 0.3 is 0 Å². The summed E-state index contributed by atoms with van der Waals surface area (Å²) in [5.41, 5.74) is 3.70. The second-order valence-electron chi connectivity index (χ2n) is 4.28. The third-order valence-electron chi connectivity index (χ3n) is 2.64. The highest BCUT2D eigenvalue weighted by atomic mass is 16.5. The lowest BCUT2D eigenvalue weighted by atomic mass is 10.1. The van der Waals surface area contributed by atoms with Crippen LogP contribution in [0.2, 0.25) is 0 Å². The van der Waals surface area contributed by atoms with Gasteiger partial charge in [-0.25, -0.2) is 0 Å². The first-order valence-electron chi connectivity index (χ1n) is 6.05. The van der Waals surface area contributed by atoms with Gasteiger partial charge in [0.2, 0.25) is 0 Å². The van der Waals surface area contributed by atoms with Gasteiger partial charge < -0.3 is 14.8 Å². The van der Waals surface area contributed by atoms with Crippen LogP contribution < -0.4 is 10.1 Å². The summed E-state index contributed by atoms with van der Waals surface area (Å²) in [5.74, 6) is 1.01. The molecule has 0 aromatic heterocycles. The zero-order valence-electron chi connectivity index (χ0n) is 11.3. The summed E-state index contributed by atoms with van der Waals surface area (Å²) in [7, 11) is 3.67. The molecular formula is C14H23NO2. The Balaban J connectivity index is 2.65. The van der Waals surface area contributed by atoms with E-state index in [1.54, 1.807) is 7.11 Å². The van der Waals surface area contributed by atoms with Crippen LogP contribution in [0.1, 0.15) is 23.1 Å². The Morgan fingerprint density at radius 3 is 2.29 bits per heavy atom. The Hall–Kier alpha value is -1.06. The van der Waals surface area contributed by atoms with Crippen molar-refractivity contribution in [2.45, 2.75) is 26.8 Å². The Morgan fingerprint density at radius 2 is 1.76 bits per heavy atom. The molecule has 0 amide bonds. The summed E-state index contributed by atoms with van der Waals surface area (Å²) in [6.07, 6.45) is 0.924. The Kier molecular flexibility index (Phi) is 6.01. The lowest BCUT2D eigenvalue weighted by Gasteiger charge is -2.14. The first-order valence-corrected chi connectivity index (χ1v) is 6.05. The van der Waals surface area contributed by atoms with Crippen molar-refractivity contribution in [1.82, 2.24) is 5.32 Å². The fourth-order valence-corrected chi connectivity index (χ4v) is 1.95. The molecule has 0 fully saturated rings. The molecule has 0 bridgehead atoms. The van der Waals surface area contributed by atoms with Gasteiger partial charge in [-0.15, -0.1) is 0 Å². The molecule has 0 spiro atoms. The monoisotopic (exact) mass is 237 g/mol. The van der Waals surface area contributed by atoms with Crippen molar-refractivity contribution in [2.24, 2.45) is 0 Å². The molecule has 0 saturated heterocycles. The first-order chi connectivity index (χ1) is 8.19. The lowest BCUT2D eigenvalue weighted by molar-refractivity contribution is 0.171. The molecule has 0 atom stereocenters. The molecule has 0 aliphatic rings. The maximum Gasteiger partial charge on any atom is 0.125 e. The largest absolute Gasteiger partial charge is 0.493 e. The van der Waals surface area contributed by atoms with E-state index in [9.17, 15) is 0 Å². The Labute approximate surface area is 104 Å². The van der Waals surface area contributed by atoms with Crippen LogP contribution in [0.15, 0.2) is 12.1 Å². The fourth-order valence-electron chi connectivity index (χ4n) is 1.95. The maximum absolute atomic E-state index is 5.80. The van der Waals surface area contributed by atoms with E-state index < -0.39 is 0 Å². The van der Waals surface area contributed by atoms with E-state index >= 15 is 0 Å². The third-order valence-corrected chi connectivity index (χ3v) is 2.64. The van der Waals surface area contributed by atoms with Gasteiger partial charge in [-0.3, -0.25) is 0 Å². The number of benzene rings is 1. The van der Waals surface area contributed by atoms with E-state index in [4.69, 9.17) is 9.47 Å². The minimum absolute atomic E-state index is 0.709. The number of ether oxygens (including phenoxy) is 2. The smallest absolute Gasteiger partial charge is 0.125 e. The number of methoxy groups -OCH3 is 1. The number of rotatable bonds is 7. The van der Waals surface area contributed by atoms with Crippen molar-refractivity contribution < 1.29 is 9.47 Å². The predicted molar refractivity (Wildman–Crippen MR) is 70.7 cm³/mol. The van der Waals surface area contributed by atoms with E-state index in [2.05, 4.69) is 31.3 Å². The SMILES string of the molecule is CNCc1cc(C)c(OCCCOC)c(C)c1. The molecule has 17 heavy (non-hydrogen) atoms. The molecule has 3 heteroatoms. The minimum Gasteiger partial charge on any atom is -0.493 e. The number of hydrogen-bond donors (Lipinski definition) is 1. The van der Waals surface area contributed by atoms with Crippen LogP contribution >= 0.6 is 0 Å². The number of aryl methyl sites for hydroxylation is 2. The van der Waals surface area contributed by atoms with Gasteiger partial charge in [-0.05, 0) is 37.6 Å². The molecule has 96 valence electrons. The molecule has 1 N–H and O–H groups in total. The van der Waals surface area contributed by atoms with Crippen molar-refractivity contribution in [3.63, 3.8) is 0 Å². The van der Waals surface area contributed by atoms with E-state index in [-0.39, 0.29) is 0 Å². The van der Waals surface area contributed by atoms with Crippen molar-refractivity contribution in [3.05, 3.63) is 28.8 Å². The van der Waals surface area contributed by atoms with Gasteiger partial charge in [0, 0.05) is 26.7 Å². The normalized spacial score (nSPS) is 10.6. The van der Waals surface area contributed by atoms with Crippen LogP contribution in [0.25, 0.3) is 0 Å². The number of hydrogen-bond acceptors (Lipinski definition) is 3. The standard InChI is InChI=1S/C14H23NO2/c1-11-8-13(10-15-3)9-12(2)14(11)17-7-5-6-16-4/h8-9,15H,5-7,10H2,1-4H3. The van der Waals surface area contributed by atoms with Crippen molar-refractivity contribution >= 4 is 0 Å². The minimum atomic E-state index is 0.709. The summed E-state index contributed by atoms with van der Waals surface area (Å²) in [6, 6.07) is 4.35. The highest BCUT2D eigenvalue weighted by Gasteiger charge is 2.06. The van der Waals surface area contributed by atoms with Crippen LogP contribution in [-0.4, -0.2) is 27.4 Å². The zero-order valence-corrected chi connectivity index (χ0v) is 11.3. The molecule has 1 aromatic rings. The van der Waals surface area contributed by atoms with Crippen LogP contribution in [0.5, 0.6) is 5.75 Å². The van der Waals surface area contributed by atoms with Gasteiger partial charge in [-0.2, -0.15) is 0 Å². The molecule has 1 rings (SSSR count). The molecule has 0 heterocycles. The van der Waals surface area contributed by atoms with Gasteiger partial charge in [0.15, 0.2) is 0 Å². The summed E-state index contributed by atoms with van der Waals surface area (Å²) in [5, 5.41) is 3.16. The first kappa shape index (κ1) is 14.0. The molecule has 0 aliphatic carbocycles. The highest BCUT2D eigenvalue weighted by Crippen LogP contribution is 2.24. The lowest BCUT2D eigenvalue weighted by Crippen LogP contribution is -2.07. The van der Waals surface area contributed by atoms with Crippen molar-refractivity contribution in [1.29, 1.82) is 0 Å². The van der Waals surface area contributed by atoms with Gasteiger partial charge in [0.1, 0.15) is 5.75 Å². The van der Waals surface area contributed by atoms with Gasteiger partial charge in [-0.1, -0.05) is 12.1 Å². The van der Waals surface area contributed by atoms with Crippen molar-refractivity contribution in [2.75, 3.05) is 27.4 Å². The van der Waals surface area contributed by atoms with Gasteiger partial charge in [0.25, 0.3) is 0 Å². The molecule has 0 radical (unpaired) electrons. The molecule has 0 unspecified atom stereocenters. The Bertz CT molecular complexity index is 327. The second kappa shape index (κ2) is 7.30. The van der Waals surface area contributed by atoms with Crippen LogP contribution in [0.4, 0.5) is 0 Å². The summed E-state index contributed by atoms with van der Waals surface area (Å²) in [6.45, 7) is 6.54. The summed E-state index contributed by atoms with van der Waals surface area (Å²) >= 11 is 0. The fraction of sp³-hybridized carbons (Fsp3) is 0.571. The van der Waals surface area contributed by atoms with Gasteiger partial charge in [0.05, 0.1) is 6.61 Å². The van der Waals surface area contributed by atoms with E-state index in [1.807, 2.05) is 7.05 Å². The molecule has 1 aromatic carbocycles. The maximum atomic E-state index is 5.80.